The topological polar surface area (TPSA) is 81.0 Å². The molecule has 0 aliphatic rings. The van der Waals surface area contributed by atoms with E-state index >= 15 is 0 Å². The van der Waals surface area contributed by atoms with Crippen LogP contribution in [-0.4, -0.2) is 17.1 Å². The predicted octanol–water partition coefficient (Wildman–Crippen LogP) is 1.09. The molecule has 1 atom stereocenters. The van der Waals surface area contributed by atoms with Crippen molar-refractivity contribution in [2.75, 3.05) is 12.8 Å². The highest BCUT2D eigenvalue weighted by Crippen LogP contribution is 2.21. The summed E-state index contributed by atoms with van der Waals surface area (Å²) in [5.41, 5.74) is 6.16. The average Bonchev–Trinajstić information content (AvgIpc) is 2.30. The molecule has 0 spiro atoms. The molecule has 0 amide bonds. The number of nitrogen functional groups attached to an aromatic ring is 1. The maximum atomic E-state index is 11.3. The fourth-order valence-corrected chi connectivity index (χ4v) is 1.65. The lowest BCUT2D eigenvalue weighted by molar-refractivity contribution is 0.129. The maximum absolute atomic E-state index is 11.3. The summed E-state index contributed by atoms with van der Waals surface area (Å²) < 4.78 is 5.34. The van der Waals surface area contributed by atoms with E-state index in [1.165, 1.54) is 6.07 Å². The first-order valence-corrected chi connectivity index (χ1v) is 5.15. The summed E-state index contributed by atoms with van der Waals surface area (Å²) in [6.45, 7) is 0. The van der Waals surface area contributed by atoms with Crippen molar-refractivity contribution >= 4 is 5.82 Å². The second-order valence-electron chi connectivity index (χ2n) is 3.58. The Kier molecular flexibility index (Phi) is 3.20. The zero-order valence-electron chi connectivity index (χ0n) is 9.38. The van der Waals surface area contributed by atoms with Crippen LogP contribution >= 0.6 is 0 Å². The molecule has 0 saturated heterocycles. The molecule has 3 N–H and O–H groups in total. The lowest BCUT2D eigenvalue weighted by atomic mass is 10.1. The van der Waals surface area contributed by atoms with Crippen LogP contribution in [0, 0.1) is 0 Å². The molecule has 1 heterocycles. The Morgan fingerprint density at radius 2 is 2.06 bits per heavy atom. The first-order chi connectivity index (χ1) is 8.20. The van der Waals surface area contributed by atoms with Crippen molar-refractivity contribution < 1.29 is 4.74 Å². The summed E-state index contributed by atoms with van der Waals surface area (Å²) in [4.78, 5) is 18.0. The molecule has 0 aliphatic heterocycles. The van der Waals surface area contributed by atoms with Crippen LogP contribution < -0.4 is 11.3 Å². The molecule has 0 saturated carbocycles. The second kappa shape index (κ2) is 4.80. The highest BCUT2D eigenvalue weighted by atomic mass is 16.5. The van der Waals surface area contributed by atoms with Gasteiger partial charge in [-0.1, -0.05) is 30.3 Å². The number of hydrogen-bond donors (Lipinski definition) is 2. The van der Waals surface area contributed by atoms with E-state index in [1.807, 2.05) is 30.3 Å². The van der Waals surface area contributed by atoms with Crippen LogP contribution in [0.5, 0.6) is 0 Å². The molecule has 5 nitrogen and oxygen atoms in total. The van der Waals surface area contributed by atoms with Crippen LogP contribution in [0.2, 0.25) is 0 Å². The Bertz CT molecular complexity index is 551. The van der Waals surface area contributed by atoms with Crippen molar-refractivity contribution in [2.24, 2.45) is 0 Å². The van der Waals surface area contributed by atoms with Gasteiger partial charge in [-0.25, -0.2) is 4.98 Å². The summed E-state index contributed by atoms with van der Waals surface area (Å²) in [7, 11) is 1.56. The fourth-order valence-electron chi connectivity index (χ4n) is 1.65. The number of hydrogen-bond acceptors (Lipinski definition) is 4. The summed E-state index contributed by atoms with van der Waals surface area (Å²) in [6.07, 6.45) is -0.424. The van der Waals surface area contributed by atoms with E-state index in [-0.39, 0.29) is 11.4 Å². The van der Waals surface area contributed by atoms with E-state index in [1.54, 1.807) is 7.11 Å². The number of aromatic amines is 1. The second-order valence-corrected chi connectivity index (χ2v) is 3.58. The van der Waals surface area contributed by atoms with Crippen molar-refractivity contribution in [3.8, 4) is 0 Å². The minimum atomic E-state index is -0.424. The largest absolute Gasteiger partial charge is 0.383 e. The van der Waals surface area contributed by atoms with Gasteiger partial charge in [-0.05, 0) is 5.56 Å². The molecule has 0 radical (unpaired) electrons. The minimum Gasteiger partial charge on any atom is -0.383 e. The zero-order chi connectivity index (χ0) is 12.3. The number of methoxy groups -OCH3 is 1. The monoisotopic (exact) mass is 231 g/mol. The van der Waals surface area contributed by atoms with Crippen LogP contribution in [0.15, 0.2) is 41.2 Å². The van der Waals surface area contributed by atoms with Gasteiger partial charge in [0.2, 0.25) is 0 Å². The Balaban J connectivity index is 2.46. The van der Waals surface area contributed by atoms with Crippen molar-refractivity contribution in [3.05, 3.63) is 58.1 Å². The Hall–Kier alpha value is -2.14. The van der Waals surface area contributed by atoms with Crippen molar-refractivity contribution in [2.45, 2.75) is 6.10 Å². The third kappa shape index (κ3) is 2.51. The molecule has 1 aromatic carbocycles. The van der Waals surface area contributed by atoms with Gasteiger partial charge in [-0.2, -0.15) is 0 Å². The predicted molar refractivity (Wildman–Crippen MR) is 64.6 cm³/mol. The van der Waals surface area contributed by atoms with Crippen LogP contribution in [0.3, 0.4) is 0 Å². The van der Waals surface area contributed by atoms with E-state index in [2.05, 4.69) is 9.97 Å². The number of rotatable bonds is 3. The number of aromatic nitrogens is 2. The molecule has 1 aromatic heterocycles. The third-order valence-corrected chi connectivity index (χ3v) is 2.37. The van der Waals surface area contributed by atoms with Gasteiger partial charge in [0.1, 0.15) is 17.7 Å². The van der Waals surface area contributed by atoms with E-state index in [0.29, 0.717) is 5.82 Å². The van der Waals surface area contributed by atoms with Gasteiger partial charge in [0.15, 0.2) is 0 Å². The zero-order valence-corrected chi connectivity index (χ0v) is 9.38. The Morgan fingerprint density at radius 1 is 1.35 bits per heavy atom. The standard InChI is InChI=1S/C12H13N3O2/c1-17-11(8-5-3-2-4-6-8)12-14-9(13)7-10(16)15-12/h2-7,11H,1H3,(H3,13,14,15,16). The van der Waals surface area contributed by atoms with Gasteiger partial charge in [0.25, 0.3) is 5.56 Å². The molecule has 5 heteroatoms. The van der Waals surface area contributed by atoms with Crippen LogP contribution in [-0.2, 0) is 4.74 Å². The molecule has 0 fully saturated rings. The summed E-state index contributed by atoms with van der Waals surface area (Å²) in [5.74, 6) is 0.588. The van der Waals surface area contributed by atoms with Gasteiger partial charge in [-0.15, -0.1) is 0 Å². The number of H-pyrrole nitrogens is 1. The number of nitrogens with zero attached hydrogens (tertiary/aromatic N) is 1. The van der Waals surface area contributed by atoms with Crippen molar-refractivity contribution in [1.82, 2.24) is 9.97 Å². The van der Waals surface area contributed by atoms with Gasteiger partial charge < -0.3 is 15.5 Å². The first-order valence-electron chi connectivity index (χ1n) is 5.15. The van der Waals surface area contributed by atoms with Crippen LogP contribution in [0.1, 0.15) is 17.5 Å². The number of anilines is 1. The Labute approximate surface area is 98.3 Å². The minimum absolute atomic E-state index is 0.182. The van der Waals surface area contributed by atoms with Gasteiger partial charge >= 0.3 is 0 Å². The summed E-state index contributed by atoms with van der Waals surface area (Å²) >= 11 is 0. The molecule has 1 unspecified atom stereocenters. The number of benzene rings is 1. The van der Waals surface area contributed by atoms with E-state index in [4.69, 9.17) is 10.5 Å². The molecule has 0 aliphatic carbocycles. The molecule has 2 rings (SSSR count). The lowest BCUT2D eigenvalue weighted by Gasteiger charge is -2.14. The number of nitrogens with one attached hydrogen (secondary N) is 1. The normalized spacial score (nSPS) is 12.3. The average molecular weight is 231 g/mol. The smallest absolute Gasteiger partial charge is 0.253 e. The molecular formula is C12H13N3O2. The fraction of sp³-hybridized carbons (Fsp3) is 0.167. The number of ether oxygens (including phenoxy) is 1. The summed E-state index contributed by atoms with van der Waals surface area (Å²) in [5, 5.41) is 0. The van der Waals surface area contributed by atoms with Gasteiger partial charge in [0.05, 0.1) is 0 Å². The van der Waals surface area contributed by atoms with Crippen molar-refractivity contribution in [3.63, 3.8) is 0 Å². The van der Waals surface area contributed by atoms with E-state index < -0.39 is 6.10 Å². The molecule has 2 aromatic rings. The lowest BCUT2D eigenvalue weighted by Crippen LogP contribution is -2.17. The molecule has 17 heavy (non-hydrogen) atoms. The maximum Gasteiger partial charge on any atom is 0.253 e. The Morgan fingerprint density at radius 3 is 2.65 bits per heavy atom. The molecule has 0 bridgehead atoms. The highest BCUT2D eigenvalue weighted by molar-refractivity contribution is 5.29. The van der Waals surface area contributed by atoms with E-state index in [9.17, 15) is 4.79 Å². The highest BCUT2D eigenvalue weighted by Gasteiger charge is 2.15. The third-order valence-electron chi connectivity index (χ3n) is 2.37. The van der Waals surface area contributed by atoms with Crippen molar-refractivity contribution in [1.29, 1.82) is 0 Å². The molecular weight excluding hydrogens is 218 g/mol. The first kappa shape index (κ1) is 11.3. The quantitative estimate of drug-likeness (QED) is 0.828. The number of nitrogens with two attached hydrogens (primary N) is 1. The SMILES string of the molecule is COC(c1ccccc1)c1nc(N)cc(=O)[nH]1. The van der Waals surface area contributed by atoms with Gasteiger partial charge in [0, 0.05) is 13.2 Å². The van der Waals surface area contributed by atoms with E-state index in [0.717, 1.165) is 5.56 Å². The van der Waals surface area contributed by atoms with Gasteiger partial charge in [-0.3, -0.25) is 4.79 Å². The molecule has 88 valence electrons. The van der Waals surface area contributed by atoms with Crippen LogP contribution in [0.4, 0.5) is 5.82 Å². The van der Waals surface area contributed by atoms with Crippen LogP contribution in [0.25, 0.3) is 0 Å². The summed E-state index contributed by atoms with van der Waals surface area (Å²) in [6, 6.07) is 10.7.